The summed E-state index contributed by atoms with van der Waals surface area (Å²) < 4.78 is 0. The Labute approximate surface area is 79.4 Å². The first-order valence-electron chi connectivity index (χ1n) is 4.93. The van der Waals surface area contributed by atoms with E-state index in [1.54, 1.807) is 13.8 Å². The van der Waals surface area contributed by atoms with E-state index in [2.05, 4.69) is 0 Å². The standard InChI is InChI=1S/C10H20O3/c1-9(12)5-3-4-8(6-9)10(2,13)7-11/h8,11-13H,3-7H2,1-2H3. The predicted octanol–water partition coefficient (Wildman–Crippen LogP) is 0.671. The topological polar surface area (TPSA) is 60.7 Å². The highest BCUT2D eigenvalue weighted by molar-refractivity contribution is 4.91. The lowest BCUT2D eigenvalue weighted by molar-refractivity contribution is -0.0973. The van der Waals surface area contributed by atoms with Gasteiger partial charge in [-0.1, -0.05) is 6.42 Å². The highest BCUT2D eigenvalue weighted by Gasteiger charge is 2.39. The molecule has 1 rings (SSSR count). The van der Waals surface area contributed by atoms with Crippen molar-refractivity contribution in [2.45, 2.75) is 50.7 Å². The van der Waals surface area contributed by atoms with Crippen LogP contribution in [0.3, 0.4) is 0 Å². The maximum atomic E-state index is 9.82. The van der Waals surface area contributed by atoms with E-state index in [1.165, 1.54) is 0 Å². The molecular weight excluding hydrogens is 168 g/mol. The summed E-state index contributed by atoms with van der Waals surface area (Å²) in [6.07, 6.45) is 3.20. The number of aliphatic hydroxyl groups excluding tert-OH is 1. The van der Waals surface area contributed by atoms with Crippen LogP contribution in [0.5, 0.6) is 0 Å². The molecule has 0 heterocycles. The van der Waals surface area contributed by atoms with Gasteiger partial charge in [0, 0.05) is 0 Å². The van der Waals surface area contributed by atoms with Gasteiger partial charge in [-0.2, -0.15) is 0 Å². The molecule has 3 N–H and O–H groups in total. The molecule has 0 bridgehead atoms. The molecule has 1 aliphatic rings. The van der Waals surface area contributed by atoms with Gasteiger partial charge >= 0.3 is 0 Å². The molecule has 0 aromatic rings. The molecule has 3 heteroatoms. The summed E-state index contributed by atoms with van der Waals surface area (Å²) in [5.74, 6) is 0.0150. The fraction of sp³-hybridized carbons (Fsp3) is 1.00. The van der Waals surface area contributed by atoms with Crippen LogP contribution >= 0.6 is 0 Å². The van der Waals surface area contributed by atoms with E-state index >= 15 is 0 Å². The van der Waals surface area contributed by atoms with Gasteiger partial charge in [0.25, 0.3) is 0 Å². The van der Waals surface area contributed by atoms with Crippen molar-refractivity contribution in [3.63, 3.8) is 0 Å². The summed E-state index contributed by atoms with van der Waals surface area (Å²) in [6.45, 7) is 3.21. The molecule has 78 valence electrons. The largest absolute Gasteiger partial charge is 0.393 e. The molecule has 13 heavy (non-hydrogen) atoms. The Bertz CT molecular complexity index is 175. The summed E-state index contributed by atoms with van der Waals surface area (Å²) in [4.78, 5) is 0. The van der Waals surface area contributed by atoms with Crippen molar-refractivity contribution in [1.82, 2.24) is 0 Å². The van der Waals surface area contributed by atoms with Crippen LogP contribution in [-0.2, 0) is 0 Å². The number of hydrogen-bond acceptors (Lipinski definition) is 3. The first-order chi connectivity index (χ1) is 5.87. The van der Waals surface area contributed by atoms with Crippen LogP contribution in [0.15, 0.2) is 0 Å². The Morgan fingerprint density at radius 3 is 2.62 bits per heavy atom. The third-order valence-electron chi connectivity index (χ3n) is 3.15. The van der Waals surface area contributed by atoms with Gasteiger partial charge in [-0.05, 0) is 39.0 Å². The van der Waals surface area contributed by atoms with Gasteiger partial charge in [0.1, 0.15) is 0 Å². The zero-order valence-corrected chi connectivity index (χ0v) is 8.45. The third kappa shape index (κ3) is 2.66. The van der Waals surface area contributed by atoms with Gasteiger partial charge in [-0.15, -0.1) is 0 Å². The Hall–Kier alpha value is -0.120. The van der Waals surface area contributed by atoms with Crippen molar-refractivity contribution >= 4 is 0 Å². The molecular formula is C10H20O3. The first kappa shape index (κ1) is 11.0. The monoisotopic (exact) mass is 188 g/mol. The van der Waals surface area contributed by atoms with E-state index in [1.807, 2.05) is 0 Å². The van der Waals surface area contributed by atoms with E-state index in [9.17, 15) is 10.2 Å². The average molecular weight is 188 g/mol. The predicted molar refractivity (Wildman–Crippen MR) is 50.3 cm³/mol. The zero-order valence-electron chi connectivity index (χ0n) is 8.45. The maximum Gasteiger partial charge on any atom is 0.0878 e. The highest BCUT2D eigenvalue weighted by atomic mass is 16.3. The lowest BCUT2D eigenvalue weighted by Crippen LogP contribution is -2.45. The lowest BCUT2D eigenvalue weighted by Gasteiger charge is -2.40. The van der Waals surface area contributed by atoms with Crippen LogP contribution in [0, 0.1) is 5.92 Å². The van der Waals surface area contributed by atoms with Crippen molar-refractivity contribution in [2.75, 3.05) is 6.61 Å². The van der Waals surface area contributed by atoms with E-state index in [-0.39, 0.29) is 12.5 Å². The Kier molecular flexibility index (Phi) is 3.00. The second-order valence-electron chi connectivity index (χ2n) is 4.81. The fourth-order valence-electron chi connectivity index (χ4n) is 2.12. The molecule has 0 radical (unpaired) electrons. The van der Waals surface area contributed by atoms with Crippen molar-refractivity contribution in [1.29, 1.82) is 0 Å². The van der Waals surface area contributed by atoms with Gasteiger partial charge in [0.15, 0.2) is 0 Å². The molecule has 3 atom stereocenters. The van der Waals surface area contributed by atoms with Crippen LogP contribution in [-0.4, -0.2) is 33.1 Å². The molecule has 0 spiro atoms. The van der Waals surface area contributed by atoms with Crippen molar-refractivity contribution in [2.24, 2.45) is 5.92 Å². The third-order valence-corrected chi connectivity index (χ3v) is 3.15. The molecule has 3 nitrogen and oxygen atoms in total. The summed E-state index contributed by atoms with van der Waals surface area (Å²) >= 11 is 0. The Morgan fingerprint density at radius 2 is 2.15 bits per heavy atom. The van der Waals surface area contributed by atoms with E-state index < -0.39 is 11.2 Å². The number of hydrogen-bond donors (Lipinski definition) is 3. The van der Waals surface area contributed by atoms with Crippen LogP contribution in [0.2, 0.25) is 0 Å². The van der Waals surface area contributed by atoms with Crippen LogP contribution in [0.1, 0.15) is 39.5 Å². The second-order valence-corrected chi connectivity index (χ2v) is 4.81. The SMILES string of the molecule is CC1(O)CCCC(C(C)(O)CO)C1. The minimum atomic E-state index is -1.04. The fourth-order valence-corrected chi connectivity index (χ4v) is 2.12. The summed E-state index contributed by atoms with van der Waals surface area (Å²) in [6, 6.07) is 0. The number of rotatable bonds is 2. The molecule has 0 saturated heterocycles. The maximum absolute atomic E-state index is 9.82. The van der Waals surface area contributed by atoms with Crippen LogP contribution in [0.4, 0.5) is 0 Å². The Balaban J connectivity index is 2.61. The average Bonchev–Trinajstić information content (AvgIpc) is 2.03. The smallest absolute Gasteiger partial charge is 0.0878 e. The van der Waals surface area contributed by atoms with E-state index in [4.69, 9.17) is 5.11 Å². The first-order valence-corrected chi connectivity index (χ1v) is 4.93. The summed E-state index contributed by atoms with van der Waals surface area (Å²) in [5, 5.41) is 28.6. The van der Waals surface area contributed by atoms with Crippen molar-refractivity contribution < 1.29 is 15.3 Å². The molecule has 0 aromatic carbocycles. The van der Waals surface area contributed by atoms with Crippen LogP contribution < -0.4 is 0 Å². The quantitative estimate of drug-likeness (QED) is 0.597. The lowest BCUT2D eigenvalue weighted by atomic mass is 9.72. The number of aliphatic hydroxyl groups is 3. The van der Waals surface area contributed by atoms with Crippen LogP contribution in [0.25, 0.3) is 0 Å². The molecule has 1 fully saturated rings. The van der Waals surface area contributed by atoms with Gasteiger partial charge in [0.05, 0.1) is 17.8 Å². The second kappa shape index (κ2) is 3.56. The minimum absolute atomic E-state index is 0.0150. The summed E-state index contributed by atoms with van der Waals surface area (Å²) in [7, 11) is 0. The van der Waals surface area contributed by atoms with Gasteiger partial charge in [-0.3, -0.25) is 0 Å². The van der Waals surface area contributed by atoms with E-state index in [0.717, 1.165) is 19.3 Å². The molecule has 0 amide bonds. The van der Waals surface area contributed by atoms with Gasteiger partial charge < -0.3 is 15.3 Å². The molecule has 1 aliphatic carbocycles. The van der Waals surface area contributed by atoms with Crippen molar-refractivity contribution in [3.8, 4) is 0 Å². The Morgan fingerprint density at radius 1 is 1.54 bits per heavy atom. The normalized spacial score (nSPS) is 39.9. The molecule has 3 unspecified atom stereocenters. The van der Waals surface area contributed by atoms with Crippen molar-refractivity contribution in [3.05, 3.63) is 0 Å². The summed E-state index contributed by atoms with van der Waals surface area (Å²) in [5.41, 5.74) is -1.70. The highest BCUT2D eigenvalue weighted by Crippen LogP contribution is 2.37. The molecule has 0 aromatic heterocycles. The molecule has 1 saturated carbocycles. The van der Waals surface area contributed by atoms with E-state index in [0.29, 0.717) is 6.42 Å². The van der Waals surface area contributed by atoms with Gasteiger partial charge in [-0.25, -0.2) is 0 Å². The molecule has 0 aliphatic heterocycles. The van der Waals surface area contributed by atoms with Gasteiger partial charge in [0.2, 0.25) is 0 Å². The zero-order chi connectivity index (χ0) is 10.1. The minimum Gasteiger partial charge on any atom is -0.393 e.